The number of allylic oxidation sites excluding steroid dienone is 3. The first-order chi connectivity index (χ1) is 16.6. The smallest absolute Gasteiger partial charge is 0.347 e. The molecule has 4 aliphatic rings. The summed E-state index contributed by atoms with van der Waals surface area (Å²) in [5.41, 5.74) is 0.197. The molecule has 4 nitrogen and oxygen atoms in total. The second kappa shape index (κ2) is 8.30. The predicted molar refractivity (Wildman–Crippen MR) is 136 cm³/mol. The molecule has 0 bridgehead atoms. The molecule has 0 unspecified atom stereocenters. The van der Waals surface area contributed by atoms with E-state index < -0.39 is 22.6 Å². The minimum absolute atomic E-state index is 0.0605. The van der Waals surface area contributed by atoms with Gasteiger partial charge in [-0.3, -0.25) is 4.79 Å². The summed E-state index contributed by atoms with van der Waals surface area (Å²) in [5.74, 6) is -0.00100. The number of cyclic esters (lactones) is 1. The first-order valence-corrected chi connectivity index (χ1v) is 13.0. The van der Waals surface area contributed by atoms with Crippen molar-refractivity contribution in [3.05, 3.63) is 71.8 Å². The quantitative estimate of drug-likeness (QED) is 0.281. The van der Waals surface area contributed by atoms with E-state index in [0.29, 0.717) is 11.8 Å². The second-order valence-corrected chi connectivity index (χ2v) is 11.7. The number of esters is 1. The van der Waals surface area contributed by atoms with Gasteiger partial charge in [0.15, 0.2) is 5.78 Å². The maximum Gasteiger partial charge on any atom is 0.347 e. The van der Waals surface area contributed by atoms with Crippen LogP contribution in [-0.4, -0.2) is 24.0 Å². The molecule has 2 saturated heterocycles. The molecule has 4 heteroatoms. The van der Waals surface area contributed by atoms with Gasteiger partial charge in [0.2, 0.25) is 5.60 Å². The molecule has 0 N–H and O–H groups in total. The zero-order valence-corrected chi connectivity index (χ0v) is 21.7. The molecule has 2 heterocycles. The van der Waals surface area contributed by atoms with E-state index in [-0.39, 0.29) is 30.1 Å². The fraction of sp³-hybridized carbons (Fsp3) is 0.548. The van der Waals surface area contributed by atoms with E-state index in [9.17, 15) is 9.59 Å². The predicted octanol–water partition coefficient (Wildman–Crippen LogP) is 6.18. The highest BCUT2D eigenvalue weighted by Gasteiger charge is 2.83. The van der Waals surface area contributed by atoms with Gasteiger partial charge in [0.1, 0.15) is 12.2 Å². The molecule has 5 rings (SSSR count). The van der Waals surface area contributed by atoms with E-state index in [2.05, 4.69) is 58.6 Å². The van der Waals surface area contributed by atoms with Crippen LogP contribution in [0, 0.1) is 35.0 Å². The average molecular weight is 475 g/mol. The van der Waals surface area contributed by atoms with Crippen molar-refractivity contribution in [3.63, 3.8) is 0 Å². The van der Waals surface area contributed by atoms with Gasteiger partial charge in [-0.05, 0) is 70.3 Å². The van der Waals surface area contributed by atoms with Crippen molar-refractivity contribution < 1.29 is 19.1 Å². The summed E-state index contributed by atoms with van der Waals surface area (Å²) in [7, 11) is 0. The van der Waals surface area contributed by atoms with E-state index in [1.807, 2.05) is 25.1 Å². The Morgan fingerprint density at radius 1 is 1.20 bits per heavy atom. The number of Topliss-reactive ketones (excluding diaryl/α,β-unsaturated/α-hetero) is 1. The molecule has 1 aromatic rings. The fourth-order valence-electron chi connectivity index (χ4n) is 7.57. The lowest BCUT2D eigenvalue weighted by Crippen LogP contribution is -2.64. The number of carbonyl (C=O) groups is 2. The van der Waals surface area contributed by atoms with E-state index in [1.165, 1.54) is 11.1 Å². The van der Waals surface area contributed by atoms with Crippen LogP contribution in [0.4, 0.5) is 0 Å². The van der Waals surface area contributed by atoms with Crippen LogP contribution in [0.15, 0.2) is 66.3 Å². The largest absolute Gasteiger partial charge is 0.462 e. The standard InChI is InChI=1S/C31H38O4/c1-7-29(6)18-34-28(33)31(29)27(32)26-24-23(20(4)13-11-12-19(2)3)17-16-21(5)25(24)30(26,35-31)22-14-9-8-10-15-22/h7-10,12,14-16,20,23-26H,1,11,13,17-18H2,2-6H3/t20-,23-,24-,25+,26-,29-,30-,31-/m0/s1. The van der Waals surface area contributed by atoms with Crippen molar-refractivity contribution in [1.29, 1.82) is 0 Å². The molecule has 0 radical (unpaired) electrons. The molecule has 0 amide bonds. The molecule has 2 aliphatic carbocycles. The molecule has 3 fully saturated rings. The summed E-state index contributed by atoms with van der Waals surface area (Å²) in [6, 6.07) is 10.1. The minimum atomic E-state index is -1.64. The van der Waals surface area contributed by atoms with Crippen molar-refractivity contribution >= 4 is 11.8 Å². The number of ether oxygens (including phenoxy) is 2. The zero-order valence-electron chi connectivity index (χ0n) is 21.7. The first-order valence-electron chi connectivity index (χ1n) is 13.0. The molecule has 0 aromatic heterocycles. The van der Waals surface area contributed by atoms with E-state index in [0.717, 1.165) is 24.8 Å². The Balaban J connectivity index is 1.63. The lowest BCUT2D eigenvalue weighted by atomic mass is 9.42. The molecule has 1 aromatic carbocycles. The van der Waals surface area contributed by atoms with E-state index in [1.54, 1.807) is 6.08 Å². The van der Waals surface area contributed by atoms with Crippen LogP contribution in [0.25, 0.3) is 0 Å². The van der Waals surface area contributed by atoms with Crippen LogP contribution < -0.4 is 0 Å². The van der Waals surface area contributed by atoms with E-state index >= 15 is 0 Å². The number of rotatable bonds is 6. The van der Waals surface area contributed by atoms with Crippen LogP contribution in [0.5, 0.6) is 0 Å². The SMILES string of the molecule is C=C[C@@]1(C)COC(=O)[C@]12O[C@]1(c3ccccc3)[C@H](C2=O)[C@H]2[C@H]([C@@H](C)CCC=C(C)C)CC=C(C)[C@H]21. The third kappa shape index (κ3) is 3.08. The van der Waals surface area contributed by atoms with Gasteiger partial charge in [-0.2, -0.15) is 0 Å². The Labute approximate surface area is 209 Å². The Morgan fingerprint density at radius 3 is 2.57 bits per heavy atom. The van der Waals surface area contributed by atoms with Crippen molar-refractivity contribution in [1.82, 2.24) is 0 Å². The van der Waals surface area contributed by atoms with Crippen molar-refractivity contribution in [3.8, 4) is 0 Å². The molecule has 1 spiro atoms. The number of carbonyl (C=O) groups excluding carboxylic acids is 2. The highest BCUT2D eigenvalue weighted by Crippen LogP contribution is 2.73. The highest BCUT2D eigenvalue weighted by molar-refractivity contribution is 6.13. The first kappa shape index (κ1) is 24.2. The number of benzene rings is 1. The van der Waals surface area contributed by atoms with Crippen LogP contribution in [-0.2, 0) is 24.7 Å². The summed E-state index contributed by atoms with van der Waals surface area (Å²) in [5, 5.41) is 0. The third-order valence-electron chi connectivity index (χ3n) is 9.52. The van der Waals surface area contributed by atoms with Crippen LogP contribution in [0.1, 0.15) is 59.4 Å². The van der Waals surface area contributed by atoms with Gasteiger partial charge >= 0.3 is 5.97 Å². The number of fused-ring (bicyclic) bond motifs is 4. The lowest BCUT2D eigenvalue weighted by molar-refractivity contribution is -0.234. The Kier molecular flexibility index (Phi) is 5.75. The van der Waals surface area contributed by atoms with Crippen molar-refractivity contribution in [2.45, 2.75) is 65.1 Å². The van der Waals surface area contributed by atoms with Gasteiger partial charge < -0.3 is 9.47 Å². The number of hydrogen-bond donors (Lipinski definition) is 0. The molecule has 2 aliphatic heterocycles. The van der Waals surface area contributed by atoms with Crippen molar-refractivity contribution in [2.24, 2.45) is 35.0 Å². The van der Waals surface area contributed by atoms with E-state index in [4.69, 9.17) is 9.47 Å². The summed E-state index contributed by atoms with van der Waals surface area (Å²) < 4.78 is 12.5. The van der Waals surface area contributed by atoms with Gasteiger partial charge in [-0.15, -0.1) is 6.58 Å². The van der Waals surface area contributed by atoms with Gasteiger partial charge in [0, 0.05) is 5.92 Å². The minimum Gasteiger partial charge on any atom is -0.462 e. The summed E-state index contributed by atoms with van der Waals surface area (Å²) in [6.45, 7) is 14.7. The average Bonchev–Trinajstić information content (AvgIpc) is 3.22. The Hall–Kier alpha value is -2.46. The monoisotopic (exact) mass is 474 g/mol. The Bertz CT molecular complexity index is 1110. The van der Waals surface area contributed by atoms with Crippen LogP contribution in [0.3, 0.4) is 0 Å². The zero-order chi connectivity index (χ0) is 25.2. The summed E-state index contributed by atoms with van der Waals surface area (Å²) in [6.07, 6.45) is 9.44. The highest BCUT2D eigenvalue weighted by atomic mass is 16.6. The number of hydrogen-bond acceptors (Lipinski definition) is 4. The van der Waals surface area contributed by atoms with Gasteiger partial charge in [0.25, 0.3) is 0 Å². The normalized spacial score (nSPS) is 40.3. The molecular weight excluding hydrogens is 436 g/mol. The topological polar surface area (TPSA) is 52.6 Å². The van der Waals surface area contributed by atoms with Crippen molar-refractivity contribution in [2.75, 3.05) is 6.61 Å². The van der Waals surface area contributed by atoms with Crippen LogP contribution in [0.2, 0.25) is 0 Å². The summed E-state index contributed by atoms with van der Waals surface area (Å²) >= 11 is 0. The molecule has 1 saturated carbocycles. The van der Waals surface area contributed by atoms with Crippen LogP contribution >= 0.6 is 0 Å². The lowest BCUT2D eigenvalue weighted by Gasteiger charge is -2.62. The molecule has 8 atom stereocenters. The Morgan fingerprint density at radius 2 is 1.91 bits per heavy atom. The maximum absolute atomic E-state index is 14.5. The summed E-state index contributed by atoms with van der Waals surface area (Å²) in [4.78, 5) is 27.8. The fourth-order valence-corrected chi connectivity index (χ4v) is 7.57. The molecular formula is C31H38O4. The molecule has 186 valence electrons. The second-order valence-electron chi connectivity index (χ2n) is 11.7. The number of ketones is 1. The van der Waals surface area contributed by atoms with Gasteiger partial charge in [-0.1, -0.05) is 66.6 Å². The molecule has 35 heavy (non-hydrogen) atoms. The third-order valence-corrected chi connectivity index (χ3v) is 9.52. The van der Waals surface area contributed by atoms with Gasteiger partial charge in [-0.25, -0.2) is 4.79 Å². The maximum atomic E-state index is 14.5. The van der Waals surface area contributed by atoms with Gasteiger partial charge in [0.05, 0.1) is 11.3 Å².